The van der Waals surface area contributed by atoms with E-state index in [1.165, 1.54) is 13.8 Å². The molecule has 1 N–H and O–H groups in total. The van der Waals surface area contributed by atoms with Crippen LogP contribution in [0, 0.1) is 0 Å². The van der Waals surface area contributed by atoms with Gasteiger partial charge < -0.3 is 9.39 Å². The Hall–Kier alpha value is -1.56. The Morgan fingerprint density at radius 3 is 2.41 bits per heavy atom. The van der Waals surface area contributed by atoms with Gasteiger partial charge in [-0.05, 0) is 13.8 Å². The lowest BCUT2D eigenvalue weighted by atomic mass is 9.96. The monoisotopic (exact) mass is 344 g/mol. The lowest BCUT2D eigenvalue weighted by Crippen LogP contribution is -2.38. The summed E-state index contributed by atoms with van der Waals surface area (Å²) in [5.74, 6) is 0. The van der Waals surface area contributed by atoms with Gasteiger partial charge in [0, 0.05) is 7.05 Å². The Morgan fingerprint density at radius 2 is 2.00 bits per heavy atom. The molecular formula is C10H12F4N4O3S. The Morgan fingerprint density at radius 1 is 1.41 bits per heavy atom. The SMILES string of the molecule is Cn1nc(C(C2=NOC(C)(C)C2F)S(=O)O)c(C(F)(F)F)n1. The van der Waals surface area contributed by atoms with Crippen molar-refractivity contribution < 1.29 is 31.2 Å². The van der Waals surface area contributed by atoms with Gasteiger partial charge in [0.15, 0.2) is 33.8 Å². The number of alkyl halides is 4. The molecule has 3 unspecified atom stereocenters. The van der Waals surface area contributed by atoms with Crippen LogP contribution in [0.4, 0.5) is 17.6 Å². The molecule has 2 rings (SSSR count). The van der Waals surface area contributed by atoms with E-state index in [-0.39, 0.29) is 0 Å². The molecule has 22 heavy (non-hydrogen) atoms. The van der Waals surface area contributed by atoms with Gasteiger partial charge in [0.1, 0.15) is 11.4 Å². The van der Waals surface area contributed by atoms with Crippen molar-refractivity contribution in [3.8, 4) is 0 Å². The smallest absolute Gasteiger partial charge is 0.386 e. The molecule has 0 aliphatic carbocycles. The highest BCUT2D eigenvalue weighted by atomic mass is 32.2. The van der Waals surface area contributed by atoms with E-state index >= 15 is 0 Å². The number of rotatable bonds is 3. The van der Waals surface area contributed by atoms with Crippen LogP contribution in [0.15, 0.2) is 5.16 Å². The van der Waals surface area contributed by atoms with Crippen LogP contribution >= 0.6 is 0 Å². The van der Waals surface area contributed by atoms with E-state index in [9.17, 15) is 26.3 Å². The Balaban J connectivity index is 2.54. The van der Waals surface area contributed by atoms with Gasteiger partial charge in [0.2, 0.25) is 0 Å². The number of oxime groups is 1. The van der Waals surface area contributed by atoms with E-state index < -0.39 is 51.4 Å². The molecule has 0 amide bonds. The Kier molecular flexibility index (Phi) is 4.02. The van der Waals surface area contributed by atoms with Crippen molar-refractivity contribution in [2.24, 2.45) is 12.2 Å². The first kappa shape index (κ1) is 16.8. The number of hydrogen-bond acceptors (Lipinski definition) is 5. The number of hydrogen-bond donors (Lipinski definition) is 1. The minimum Gasteiger partial charge on any atom is -0.386 e. The van der Waals surface area contributed by atoms with Gasteiger partial charge in [-0.2, -0.15) is 23.1 Å². The predicted molar refractivity (Wildman–Crippen MR) is 67.0 cm³/mol. The van der Waals surface area contributed by atoms with Crippen molar-refractivity contribution in [2.75, 3.05) is 0 Å². The first-order chi connectivity index (χ1) is 9.95. The highest BCUT2D eigenvalue weighted by Gasteiger charge is 2.50. The standard InChI is InChI=1S/C10H12F4N4O3S/c1-9(2)7(11)4(17-21-9)6(22(19)20)5-8(10(12,13)14)16-18(3)15-5/h6-7H,1-3H3,(H,19,20). The predicted octanol–water partition coefficient (Wildman–Crippen LogP) is 1.60. The first-order valence-electron chi connectivity index (χ1n) is 5.93. The van der Waals surface area contributed by atoms with Crippen LogP contribution < -0.4 is 0 Å². The number of halogens is 4. The van der Waals surface area contributed by atoms with Gasteiger partial charge in [-0.15, -0.1) is 5.10 Å². The molecule has 3 atom stereocenters. The normalized spacial score (nSPS) is 23.8. The number of aryl methyl sites for hydroxylation is 1. The van der Waals surface area contributed by atoms with Crippen molar-refractivity contribution in [3.63, 3.8) is 0 Å². The van der Waals surface area contributed by atoms with Crippen LogP contribution in [-0.4, -0.2) is 41.2 Å². The summed E-state index contributed by atoms with van der Waals surface area (Å²) in [7, 11) is 1.11. The fourth-order valence-electron chi connectivity index (χ4n) is 1.94. The average Bonchev–Trinajstić information content (AvgIpc) is 2.84. The Labute approximate surface area is 124 Å². The quantitative estimate of drug-likeness (QED) is 0.664. The van der Waals surface area contributed by atoms with E-state index in [0.717, 1.165) is 7.05 Å². The van der Waals surface area contributed by atoms with E-state index in [2.05, 4.69) is 15.4 Å². The van der Waals surface area contributed by atoms with Crippen LogP contribution in [0.1, 0.15) is 30.5 Å². The zero-order chi connectivity index (χ0) is 16.9. The second-order valence-electron chi connectivity index (χ2n) is 5.15. The maximum atomic E-state index is 14.3. The summed E-state index contributed by atoms with van der Waals surface area (Å²) in [5, 5.41) is 8.01. The molecule has 0 fully saturated rings. The Bertz CT molecular complexity index is 643. The fraction of sp³-hybridized carbons (Fsp3) is 0.700. The molecule has 0 aromatic carbocycles. The van der Waals surface area contributed by atoms with E-state index in [0.29, 0.717) is 4.80 Å². The summed E-state index contributed by atoms with van der Waals surface area (Å²) in [5.41, 5.74) is -4.43. The maximum Gasteiger partial charge on any atom is 0.437 e. The lowest BCUT2D eigenvalue weighted by molar-refractivity contribution is -0.142. The number of nitrogens with zero attached hydrogens (tertiary/aromatic N) is 4. The zero-order valence-electron chi connectivity index (χ0n) is 11.6. The fourth-order valence-corrected chi connectivity index (χ4v) is 2.66. The molecule has 124 valence electrons. The second-order valence-corrected chi connectivity index (χ2v) is 6.17. The highest BCUT2D eigenvalue weighted by Crippen LogP contribution is 2.38. The van der Waals surface area contributed by atoms with Gasteiger partial charge in [-0.3, -0.25) is 0 Å². The summed E-state index contributed by atoms with van der Waals surface area (Å²) in [6.07, 6.45) is -6.88. The molecule has 0 bridgehead atoms. The molecule has 0 saturated heterocycles. The van der Waals surface area contributed by atoms with Gasteiger partial charge >= 0.3 is 6.18 Å². The van der Waals surface area contributed by atoms with Crippen LogP contribution in [-0.2, 0) is 29.1 Å². The third-order valence-electron chi connectivity index (χ3n) is 2.98. The molecule has 1 aliphatic rings. The molecule has 7 nitrogen and oxygen atoms in total. The minimum atomic E-state index is -4.91. The number of aromatic nitrogens is 3. The van der Waals surface area contributed by atoms with Crippen molar-refractivity contribution in [1.82, 2.24) is 15.0 Å². The average molecular weight is 344 g/mol. The van der Waals surface area contributed by atoms with Crippen molar-refractivity contribution in [2.45, 2.75) is 37.0 Å². The minimum absolute atomic E-state index is 0.590. The third-order valence-corrected chi connectivity index (χ3v) is 3.85. The molecule has 0 saturated carbocycles. The van der Waals surface area contributed by atoms with Crippen molar-refractivity contribution in [3.05, 3.63) is 11.4 Å². The summed E-state index contributed by atoms with van der Waals surface area (Å²) >= 11 is -2.90. The highest BCUT2D eigenvalue weighted by molar-refractivity contribution is 7.80. The summed E-state index contributed by atoms with van der Waals surface area (Å²) in [6, 6.07) is 0. The van der Waals surface area contributed by atoms with Crippen LogP contribution in [0.3, 0.4) is 0 Å². The van der Waals surface area contributed by atoms with Crippen molar-refractivity contribution >= 4 is 16.8 Å². The molecule has 1 aromatic rings. The molecule has 0 radical (unpaired) electrons. The molecule has 1 aromatic heterocycles. The van der Waals surface area contributed by atoms with E-state index in [1.54, 1.807) is 0 Å². The van der Waals surface area contributed by atoms with E-state index in [4.69, 9.17) is 4.84 Å². The van der Waals surface area contributed by atoms with Gasteiger partial charge in [0.25, 0.3) is 0 Å². The first-order valence-corrected chi connectivity index (χ1v) is 7.10. The van der Waals surface area contributed by atoms with Crippen LogP contribution in [0.2, 0.25) is 0 Å². The summed E-state index contributed by atoms with van der Waals surface area (Å²) < 4.78 is 74.0. The van der Waals surface area contributed by atoms with Gasteiger partial charge in [-0.1, -0.05) is 5.16 Å². The summed E-state index contributed by atoms with van der Waals surface area (Å²) in [6.45, 7) is 2.62. The third kappa shape index (κ3) is 2.84. The molecule has 1 aliphatic heterocycles. The molecule has 2 heterocycles. The lowest BCUT2D eigenvalue weighted by Gasteiger charge is -2.20. The largest absolute Gasteiger partial charge is 0.437 e. The van der Waals surface area contributed by atoms with Crippen molar-refractivity contribution in [1.29, 1.82) is 0 Å². The van der Waals surface area contributed by atoms with E-state index in [1.807, 2.05) is 0 Å². The second kappa shape index (κ2) is 5.26. The zero-order valence-corrected chi connectivity index (χ0v) is 12.4. The topological polar surface area (TPSA) is 89.6 Å². The maximum absolute atomic E-state index is 14.3. The van der Waals surface area contributed by atoms with Crippen LogP contribution in [0.25, 0.3) is 0 Å². The van der Waals surface area contributed by atoms with Gasteiger partial charge in [0.05, 0.1) is 0 Å². The van der Waals surface area contributed by atoms with Gasteiger partial charge in [-0.25, -0.2) is 8.60 Å². The molecular weight excluding hydrogens is 332 g/mol. The molecule has 0 spiro atoms. The van der Waals surface area contributed by atoms with Crippen LogP contribution in [0.5, 0.6) is 0 Å². The molecule has 12 heteroatoms. The summed E-state index contributed by atoms with van der Waals surface area (Å²) in [4.78, 5) is 5.37.